The minimum absolute atomic E-state index is 0.163. The molecule has 1 aromatic heterocycles. The number of aromatic nitrogens is 1. The zero-order valence-electron chi connectivity index (χ0n) is 8.42. The van der Waals surface area contributed by atoms with Crippen molar-refractivity contribution in [2.45, 2.75) is 18.6 Å². The molecule has 9 heteroatoms. The Morgan fingerprint density at radius 2 is 2.18 bits per heavy atom. The van der Waals surface area contributed by atoms with Crippen molar-refractivity contribution in [1.82, 2.24) is 4.98 Å². The third kappa shape index (κ3) is 3.29. The van der Waals surface area contributed by atoms with E-state index < -0.39 is 22.9 Å². The average Bonchev–Trinajstić information content (AvgIpc) is 2.17. The Bertz CT molecular complexity index is 450. The largest absolute Gasteiger partial charge is 0.574 e. The van der Waals surface area contributed by atoms with E-state index in [-0.39, 0.29) is 16.5 Å². The molecule has 5 nitrogen and oxygen atoms in total. The quantitative estimate of drug-likeness (QED) is 0.488. The van der Waals surface area contributed by atoms with Crippen LogP contribution in [0.2, 0.25) is 0 Å². The number of ether oxygens (including phenoxy) is 1. The van der Waals surface area contributed by atoms with Crippen LogP contribution >= 0.6 is 15.9 Å². The van der Waals surface area contributed by atoms with Gasteiger partial charge in [0.05, 0.1) is 4.92 Å². The van der Waals surface area contributed by atoms with Crippen LogP contribution in [0.4, 0.5) is 18.9 Å². The fraction of sp³-hybridized carbons (Fsp3) is 0.375. The van der Waals surface area contributed by atoms with Crippen LogP contribution in [-0.2, 0) is 5.33 Å². The van der Waals surface area contributed by atoms with Crippen molar-refractivity contribution >= 4 is 21.6 Å². The fourth-order valence-corrected chi connectivity index (χ4v) is 1.71. The molecule has 0 bridgehead atoms. The Morgan fingerprint density at radius 3 is 2.59 bits per heavy atom. The Morgan fingerprint density at radius 1 is 1.59 bits per heavy atom. The topological polar surface area (TPSA) is 65.3 Å². The minimum atomic E-state index is -4.94. The van der Waals surface area contributed by atoms with Crippen molar-refractivity contribution < 1.29 is 22.8 Å². The first kappa shape index (κ1) is 13.7. The van der Waals surface area contributed by atoms with Crippen LogP contribution < -0.4 is 4.74 Å². The van der Waals surface area contributed by atoms with Crippen molar-refractivity contribution in [3.63, 3.8) is 0 Å². The van der Waals surface area contributed by atoms with E-state index >= 15 is 0 Å². The molecule has 0 N–H and O–H groups in total. The van der Waals surface area contributed by atoms with Crippen LogP contribution in [0.25, 0.3) is 0 Å². The highest BCUT2D eigenvalue weighted by atomic mass is 79.9. The Hall–Kier alpha value is -1.38. The molecule has 1 rings (SSSR count). The molecule has 0 fully saturated rings. The van der Waals surface area contributed by atoms with Crippen molar-refractivity contribution in [3.8, 4) is 5.88 Å². The van der Waals surface area contributed by atoms with Gasteiger partial charge < -0.3 is 4.74 Å². The van der Waals surface area contributed by atoms with E-state index in [9.17, 15) is 23.3 Å². The maximum atomic E-state index is 12.0. The molecule has 0 aliphatic rings. The number of halogens is 4. The van der Waals surface area contributed by atoms with Gasteiger partial charge in [-0.2, -0.15) is 0 Å². The average molecular weight is 315 g/mol. The summed E-state index contributed by atoms with van der Waals surface area (Å²) in [4.78, 5) is 13.4. The number of hydrogen-bond acceptors (Lipinski definition) is 4. The molecule has 1 aromatic rings. The molecule has 0 saturated heterocycles. The molecule has 0 unspecified atom stereocenters. The first-order chi connectivity index (χ1) is 7.76. The van der Waals surface area contributed by atoms with Gasteiger partial charge in [-0.05, 0) is 6.92 Å². The Kier molecular flexibility index (Phi) is 3.91. The van der Waals surface area contributed by atoms with E-state index in [2.05, 4.69) is 25.7 Å². The molecule has 17 heavy (non-hydrogen) atoms. The smallest absolute Gasteiger partial charge is 0.387 e. The van der Waals surface area contributed by atoms with Gasteiger partial charge in [-0.3, -0.25) is 10.1 Å². The van der Waals surface area contributed by atoms with Gasteiger partial charge in [0.15, 0.2) is 0 Å². The summed E-state index contributed by atoms with van der Waals surface area (Å²) in [6.45, 7) is 1.38. The third-order valence-electron chi connectivity index (χ3n) is 1.82. The zero-order chi connectivity index (χ0) is 13.2. The van der Waals surface area contributed by atoms with Crippen LogP contribution in [0.15, 0.2) is 6.20 Å². The van der Waals surface area contributed by atoms with Crippen LogP contribution in [0.3, 0.4) is 0 Å². The lowest BCUT2D eigenvalue weighted by molar-refractivity contribution is -0.386. The lowest BCUT2D eigenvalue weighted by Gasteiger charge is -2.11. The van der Waals surface area contributed by atoms with Gasteiger partial charge in [0.1, 0.15) is 5.56 Å². The lowest BCUT2D eigenvalue weighted by Crippen LogP contribution is -2.19. The highest BCUT2D eigenvalue weighted by molar-refractivity contribution is 9.08. The van der Waals surface area contributed by atoms with Gasteiger partial charge in [-0.15, -0.1) is 13.2 Å². The van der Waals surface area contributed by atoms with Gasteiger partial charge >= 0.3 is 6.36 Å². The summed E-state index contributed by atoms with van der Waals surface area (Å²) < 4.78 is 39.8. The van der Waals surface area contributed by atoms with E-state index in [1.165, 1.54) is 6.92 Å². The van der Waals surface area contributed by atoms with Crippen molar-refractivity contribution in [1.29, 1.82) is 0 Å². The molecule has 0 amide bonds. The van der Waals surface area contributed by atoms with Crippen LogP contribution in [-0.4, -0.2) is 16.3 Å². The summed E-state index contributed by atoms with van der Waals surface area (Å²) in [5.74, 6) is -0.813. The summed E-state index contributed by atoms with van der Waals surface area (Å²) in [7, 11) is 0. The molecule has 0 atom stereocenters. The lowest BCUT2D eigenvalue weighted by atomic mass is 10.2. The first-order valence-electron chi connectivity index (χ1n) is 4.21. The molecule has 0 aliphatic heterocycles. The van der Waals surface area contributed by atoms with E-state index in [0.717, 1.165) is 6.20 Å². The summed E-state index contributed by atoms with van der Waals surface area (Å²) in [5.41, 5.74) is -0.512. The molecule has 94 valence electrons. The fourth-order valence-electron chi connectivity index (χ4n) is 1.21. The first-order valence-corrected chi connectivity index (χ1v) is 5.33. The minimum Gasteiger partial charge on any atom is -0.387 e. The zero-order valence-corrected chi connectivity index (χ0v) is 10.0. The van der Waals surface area contributed by atoms with Gasteiger partial charge in [0, 0.05) is 17.1 Å². The molecule has 0 spiro atoms. The maximum Gasteiger partial charge on any atom is 0.574 e. The van der Waals surface area contributed by atoms with Crippen LogP contribution in [0, 0.1) is 17.0 Å². The number of rotatable bonds is 3. The van der Waals surface area contributed by atoms with E-state index in [4.69, 9.17) is 0 Å². The summed E-state index contributed by atoms with van der Waals surface area (Å²) >= 11 is 2.88. The number of nitro groups is 1. The second-order valence-electron chi connectivity index (χ2n) is 3.01. The number of hydrogen-bond donors (Lipinski definition) is 0. The second-order valence-corrected chi connectivity index (χ2v) is 3.57. The van der Waals surface area contributed by atoms with Crippen molar-refractivity contribution in [2.75, 3.05) is 0 Å². The molecular weight excluding hydrogens is 309 g/mol. The monoisotopic (exact) mass is 314 g/mol. The molecule has 0 saturated carbocycles. The van der Waals surface area contributed by atoms with Crippen molar-refractivity contribution in [2.24, 2.45) is 0 Å². The molecule has 0 aliphatic carbocycles. The van der Waals surface area contributed by atoms with Gasteiger partial charge in [0.2, 0.25) is 5.88 Å². The third-order valence-corrected chi connectivity index (χ3v) is 2.38. The highest BCUT2D eigenvalue weighted by Crippen LogP contribution is 2.34. The van der Waals surface area contributed by atoms with Gasteiger partial charge in [-0.25, -0.2) is 4.98 Å². The molecule has 0 radical (unpaired) electrons. The Balaban J connectivity index is 3.33. The number of pyridine rings is 1. The SMILES string of the molecule is Cc1cnc(OC(F)(F)F)c(CBr)c1[N+](=O)[O-]. The summed E-state index contributed by atoms with van der Waals surface area (Å²) in [6.07, 6.45) is -3.97. The number of nitrogens with zero attached hydrogens (tertiary/aromatic N) is 2. The Labute approximate surface area is 102 Å². The molecule has 0 aromatic carbocycles. The summed E-state index contributed by atoms with van der Waals surface area (Å²) in [5, 5.41) is 10.6. The normalized spacial score (nSPS) is 11.4. The van der Waals surface area contributed by atoms with Crippen LogP contribution in [0.5, 0.6) is 5.88 Å². The highest BCUT2D eigenvalue weighted by Gasteiger charge is 2.35. The number of alkyl halides is 4. The standard InChI is InChI=1S/C8H6BrF3N2O3/c1-4-3-13-7(17-8(10,11)12)5(2-9)6(4)14(15)16/h3H,2H2,1H3. The van der Waals surface area contributed by atoms with Crippen molar-refractivity contribution in [3.05, 3.63) is 27.4 Å². The maximum absolute atomic E-state index is 12.0. The van der Waals surface area contributed by atoms with Crippen LogP contribution in [0.1, 0.15) is 11.1 Å². The van der Waals surface area contributed by atoms with E-state index in [0.29, 0.717) is 0 Å². The van der Waals surface area contributed by atoms with Gasteiger partial charge in [0.25, 0.3) is 5.69 Å². The molecular formula is C8H6BrF3N2O3. The van der Waals surface area contributed by atoms with E-state index in [1.807, 2.05) is 0 Å². The predicted octanol–water partition coefficient (Wildman–Crippen LogP) is 3.09. The second kappa shape index (κ2) is 4.86. The summed E-state index contributed by atoms with van der Waals surface area (Å²) in [6, 6.07) is 0. The molecule has 1 heterocycles. The van der Waals surface area contributed by atoms with Gasteiger partial charge in [-0.1, -0.05) is 15.9 Å². The predicted molar refractivity (Wildman–Crippen MR) is 54.9 cm³/mol. The number of aryl methyl sites for hydroxylation is 1. The van der Waals surface area contributed by atoms with E-state index in [1.54, 1.807) is 0 Å².